The van der Waals surface area contributed by atoms with Gasteiger partial charge in [0.05, 0.1) is 13.5 Å². The first-order chi connectivity index (χ1) is 8.61. The Hall–Kier alpha value is -1.55. The van der Waals surface area contributed by atoms with E-state index >= 15 is 0 Å². The van der Waals surface area contributed by atoms with Gasteiger partial charge in [0, 0.05) is 12.1 Å². The molecular formula is C14H20N2O2. The van der Waals surface area contributed by atoms with Gasteiger partial charge in [-0.25, -0.2) is 0 Å². The van der Waals surface area contributed by atoms with Crippen LogP contribution in [0.1, 0.15) is 24.8 Å². The molecule has 1 aromatic rings. The Kier molecular flexibility index (Phi) is 3.87. The maximum atomic E-state index is 11.8. The van der Waals surface area contributed by atoms with Gasteiger partial charge in [-0.2, -0.15) is 0 Å². The summed E-state index contributed by atoms with van der Waals surface area (Å²) in [6, 6.07) is 7.53. The van der Waals surface area contributed by atoms with E-state index in [1.165, 1.54) is 6.42 Å². The Morgan fingerprint density at radius 1 is 1.39 bits per heavy atom. The van der Waals surface area contributed by atoms with E-state index in [1.54, 1.807) is 7.11 Å². The molecule has 18 heavy (non-hydrogen) atoms. The predicted molar refractivity (Wildman–Crippen MR) is 70.5 cm³/mol. The lowest BCUT2D eigenvalue weighted by Crippen LogP contribution is -2.55. The Bertz CT molecular complexity index is 410. The number of ether oxygens (including phenoxy) is 1. The fraction of sp³-hybridized carbons (Fsp3) is 0.500. The molecule has 4 heteroatoms. The van der Waals surface area contributed by atoms with Crippen LogP contribution in [0.5, 0.6) is 5.75 Å². The lowest BCUT2D eigenvalue weighted by Gasteiger charge is -2.38. The minimum absolute atomic E-state index is 0.0249. The third-order valence-electron chi connectivity index (χ3n) is 3.51. The Morgan fingerprint density at radius 3 is 2.56 bits per heavy atom. The highest BCUT2D eigenvalue weighted by molar-refractivity contribution is 5.78. The minimum atomic E-state index is -0.157. The lowest BCUT2D eigenvalue weighted by atomic mass is 9.78. The number of carbonyl (C=O) groups is 1. The van der Waals surface area contributed by atoms with Crippen molar-refractivity contribution < 1.29 is 9.53 Å². The summed E-state index contributed by atoms with van der Waals surface area (Å²) in [7, 11) is 1.63. The third-order valence-corrected chi connectivity index (χ3v) is 3.51. The number of nitrogens with one attached hydrogen (secondary N) is 1. The first kappa shape index (κ1) is 12.9. The molecule has 1 aromatic carbocycles. The molecule has 0 aliphatic heterocycles. The number of amides is 1. The van der Waals surface area contributed by atoms with Gasteiger partial charge in [-0.1, -0.05) is 12.1 Å². The summed E-state index contributed by atoms with van der Waals surface area (Å²) in [4.78, 5) is 11.8. The molecule has 0 aromatic heterocycles. The zero-order valence-electron chi connectivity index (χ0n) is 10.7. The lowest BCUT2D eigenvalue weighted by molar-refractivity contribution is -0.120. The largest absolute Gasteiger partial charge is 0.497 e. The van der Waals surface area contributed by atoms with Crippen LogP contribution in [0.2, 0.25) is 0 Å². The molecule has 1 amide bonds. The highest BCUT2D eigenvalue weighted by Crippen LogP contribution is 2.28. The molecule has 1 aliphatic rings. The van der Waals surface area contributed by atoms with Crippen molar-refractivity contribution in [2.45, 2.75) is 31.2 Å². The summed E-state index contributed by atoms with van der Waals surface area (Å²) >= 11 is 0. The molecule has 0 saturated heterocycles. The number of hydrogen-bond donors (Lipinski definition) is 2. The fourth-order valence-electron chi connectivity index (χ4n) is 2.07. The Labute approximate surface area is 108 Å². The zero-order valence-corrected chi connectivity index (χ0v) is 10.7. The molecule has 1 aliphatic carbocycles. The third kappa shape index (κ3) is 3.23. The molecule has 0 bridgehead atoms. The number of rotatable bonds is 5. The molecule has 0 spiro atoms. The van der Waals surface area contributed by atoms with Crippen LogP contribution in [-0.4, -0.2) is 25.1 Å². The Balaban J connectivity index is 1.79. The fourth-order valence-corrected chi connectivity index (χ4v) is 2.07. The van der Waals surface area contributed by atoms with Crippen LogP contribution in [0.25, 0.3) is 0 Å². The topological polar surface area (TPSA) is 64.3 Å². The highest BCUT2D eigenvalue weighted by atomic mass is 16.5. The second-order valence-corrected chi connectivity index (χ2v) is 5.02. The molecule has 1 saturated carbocycles. The van der Waals surface area contributed by atoms with Gasteiger partial charge in [0.2, 0.25) is 5.91 Å². The van der Waals surface area contributed by atoms with Crippen LogP contribution < -0.4 is 15.8 Å². The van der Waals surface area contributed by atoms with E-state index in [2.05, 4.69) is 5.32 Å². The molecule has 0 heterocycles. The predicted octanol–water partition coefficient (Wildman–Crippen LogP) is 1.24. The van der Waals surface area contributed by atoms with Crippen molar-refractivity contribution in [1.29, 1.82) is 0 Å². The Morgan fingerprint density at radius 2 is 2.06 bits per heavy atom. The van der Waals surface area contributed by atoms with Gasteiger partial charge < -0.3 is 15.8 Å². The van der Waals surface area contributed by atoms with E-state index in [0.29, 0.717) is 13.0 Å². The van der Waals surface area contributed by atoms with Crippen molar-refractivity contribution in [2.24, 2.45) is 5.73 Å². The summed E-state index contributed by atoms with van der Waals surface area (Å²) in [6.45, 7) is 0.585. The second-order valence-electron chi connectivity index (χ2n) is 5.02. The van der Waals surface area contributed by atoms with Gasteiger partial charge in [0.15, 0.2) is 0 Å². The molecule has 0 atom stereocenters. The van der Waals surface area contributed by atoms with Crippen LogP contribution in [0.3, 0.4) is 0 Å². The monoisotopic (exact) mass is 248 g/mol. The quantitative estimate of drug-likeness (QED) is 0.824. The summed E-state index contributed by atoms with van der Waals surface area (Å²) in [5, 5.41) is 2.91. The van der Waals surface area contributed by atoms with Gasteiger partial charge >= 0.3 is 0 Å². The first-order valence-electron chi connectivity index (χ1n) is 6.30. The number of methoxy groups -OCH3 is 1. The van der Waals surface area contributed by atoms with Gasteiger partial charge in [0.1, 0.15) is 5.75 Å². The van der Waals surface area contributed by atoms with E-state index in [1.807, 2.05) is 24.3 Å². The maximum absolute atomic E-state index is 11.8. The summed E-state index contributed by atoms with van der Waals surface area (Å²) in [5.41, 5.74) is 6.87. The van der Waals surface area contributed by atoms with Gasteiger partial charge in [-0.3, -0.25) is 4.79 Å². The minimum Gasteiger partial charge on any atom is -0.497 e. The van der Waals surface area contributed by atoms with Crippen LogP contribution in [-0.2, 0) is 11.2 Å². The molecule has 1 fully saturated rings. The summed E-state index contributed by atoms with van der Waals surface area (Å²) in [5.74, 6) is 0.825. The van der Waals surface area contributed by atoms with Crippen molar-refractivity contribution in [3.05, 3.63) is 29.8 Å². The van der Waals surface area contributed by atoms with Crippen molar-refractivity contribution >= 4 is 5.91 Å². The van der Waals surface area contributed by atoms with E-state index in [-0.39, 0.29) is 11.4 Å². The van der Waals surface area contributed by atoms with E-state index in [0.717, 1.165) is 24.2 Å². The normalized spacial score (nSPS) is 16.8. The average Bonchev–Trinajstić information content (AvgIpc) is 2.35. The maximum Gasteiger partial charge on any atom is 0.224 e. The van der Waals surface area contributed by atoms with Crippen molar-refractivity contribution in [3.63, 3.8) is 0 Å². The number of benzene rings is 1. The van der Waals surface area contributed by atoms with Crippen LogP contribution >= 0.6 is 0 Å². The van der Waals surface area contributed by atoms with Crippen LogP contribution in [0, 0.1) is 0 Å². The van der Waals surface area contributed by atoms with Gasteiger partial charge in [-0.05, 0) is 37.0 Å². The summed E-state index contributed by atoms with van der Waals surface area (Å²) in [6.07, 6.45) is 3.58. The molecule has 0 unspecified atom stereocenters. The molecular weight excluding hydrogens is 228 g/mol. The molecule has 3 N–H and O–H groups in total. The van der Waals surface area contributed by atoms with Gasteiger partial charge in [-0.15, -0.1) is 0 Å². The zero-order chi connectivity index (χ0) is 13.0. The highest BCUT2D eigenvalue weighted by Gasteiger charge is 2.32. The first-order valence-corrected chi connectivity index (χ1v) is 6.30. The number of nitrogens with two attached hydrogens (primary N) is 1. The standard InChI is InChI=1S/C14H20N2O2/c1-18-12-5-3-11(4-6-12)9-13(17)16-10-14(15)7-2-8-14/h3-6H,2,7-10,15H2,1H3,(H,16,17). The number of carbonyl (C=O) groups excluding carboxylic acids is 1. The van der Waals surface area contributed by atoms with Crippen molar-refractivity contribution in [2.75, 3.05) is 13.7 Å². The number of hydrogen-bond acceptors (Lipinski definition) is 3. The van der Waals surface area contributed by atoms with E-state index in [9.17, 15) is 4.79 Å². The molecule has 98 valence electrons. The van der Waals surface area contributed by atoms with Crippen molar-refractivity contribution in [3.8, 4) is 5.75 Å². The SMILES string of the molecule is COc1ccc(CC(=O)NCC2(N)CCC2)cc1. The van der Waals surface area contributed by atoms with Crippen LogP contribution in [0.4, 0.5) is 0 Å². The van der Waals surface area contributed by atoms with E-state index in [4.69, 9.17) is 10.5 Å². The average molecular weight is 248 g/mol. The van der Waals surface area contributed by atoms with Gasteiger partial charge in [0.25, 0.3) is 0 Å². The molecule has 4 nitrogen and oxygen atoms in total. The van der Waals surface area contributed by atoms with E-state index < -0.39 is 0 Å². The van der Waals surface area contributed by atoms with Crippen molar-refractivity contribution in [1.82, 2.24) is 5.32 Å². The second kappa shape index (κ2) is 5.40. The summed E-state index contributed by atoms with van der Waals surface area (Å²) < 4.78 is 5.07. The smallest absolute Gasteiger partial charge is 0.224 e. The molecule has 0 radical (unpaired) electrons. The van der Waals surface area contributed by atoms with Crippen LogP contribution in [0.15, 0.2) is 24.3 Å². The molecule has 2 rings (SSSR count).